The Morgan fingerprint density at radius 1 is 1.06 bits per heavy atom. The topological polar surface area (TPSA) is 96.2 Å². The predicted octanol–water partition coefficient (Wildman–Crippen LogP) is 2.76. The van der Waals surface area contributed by atoms with E-state index in [0.717, 1.165) is 5.56 Å². The molecule has 0 fully saturated rings. The number of aromatic nitrogens is 1. The van der Waals surface area contributed by atoms with Crippen LogP contribution in [-0.2, 0) is 14.3 Å². The van der Waals surface area contributed by atoms with Crippen LogP contribution in [0.4, 0.5) is 0 Å². The van der Waals surface area contributed by atoms with Crippen molar-refractivity contribution in [2.45, 2.75) is 13.0 Å². The average Bonchev–Trinajstić information content (AvgIpc) is 3.20. The highest BCUT2D eigenvalue weighted by molar-refractivity contribution is 7.07. The van der Waals surface area contributed by atoms with Gasteiger partial charge in [-0.3, -0.25) is 9.36 Å². The standard InChI is InChI=1S/C27H24N2O6S/c1-5-14-35-20-12-6-17(7-13-20)15-21-24(30)29-23(18-8-10-19(11-9-18)25(31)33-3)22(26(32)34-4)16(2)28-27(29)36-21/h5-13,15,23H,1,14H2,2-4H3. The molecule has 1 atom stereocenters. The lowest BCUT2D eigenvalue weighted by Gasteiger charge is -2.24. The third-order valence-electron chi connectivity index (χ3n) is 5.62. The van der Waals surface area contributed by atoms with Gasteiger partial charge in [-0.2, -0.15) is 0 Å². The van der Waals surface area contributed by atoms with Crippen molar-refractivity contribution in [1.29, 1.82) is 0 Å². The molecule has 0 N–H and O–H groups in total. The van der Waals surface area contributed by atoms with Gasteiger partial charge in [0.25, 0.3) is 5.56 Å². The number of carbonyl (C=O) groups is 2. The first-order chi connectivity index (χ1) is 17.4. The minimum atomic E-state index is -0.766. The van der Waals surface area contributed by atoms with Gasteiger partial charge in [0.05, 0.1) is 41.6 Å². The molecule has 2 aromatic carbocycles. The summed E-state index contributed by atoms with van der Waals surface area (Å²) in [6, 6.07) is 13.1. The fraction of sp³-hybridized carbons (Fsp3) is 0.185. The van der Waals surface area contributed by atoms with Crippen LogP contribution in [0.15, 0.2) is 82.2 Å². The first-order valence-corrected chi connectivity index (χ1v) is 11.8. The zero-order valence-electron chi connectivity index (χ0n) is 20.0. The smallest absolute Gasteiger partial charge is 0.338 e. The van der Waals surface area contributed by atoms with Crippen LogP contribution in [0.5, 0.6) is 5.75 Å². The molecule has 9 heteroatoms. The van der Waals surface area contributed by atoms with Gasteiger partial charge >= 0.3 is 11.9 Å². The quantitative estimate of drug-likeness (QED) is 0.363. The molecule has 1 aliphatic heterocycles. The fourth-order valence-corrected chi connectivity index (χ4v) is 4.94. The lowest BCUT2D eigenvalue weighted by atomic mass is 9.95. The van der Waals surface area contributed by atoms with Gasteiger partial charge in [-0.05, 0) is 48.4 Å². The summed E-state index contributed by atoms with van der Waals surface area (Å²) in [4.78, 5) is 43.2. The molecule has 0 saturated heterocycles. The average molecular weight is 505 g/mol. The van der Waals surface area contributed by atoms with E-state index < -0.39 is 18.0 Å². The Labute approximate surface area is 211 Å². The van der Waals surface area contributed by atoms with Crippen LogP contribution in [-0.4, -0.2) is 37.3 Å². The predicted molar refractivity (Wildman–Crippen MR) is 136 cm³/mol. The second kappa shape index (κ2) is 10.6. The molecule has 1 unspecified atom stereocenters. The molecule has 3 aromatic rings. The molecule has 4 rings (SSSR count). The number of ether oxygens (including phenoxy) is 3. The third kappa shape index (κ3) is 4.78. The lowest BCUT2D eigenvalue weighted by molar-refractivity contribution is -0.136. The Kier molecular flexibility index (Phi) is 7.30. The number of benzene rings is 2. The molecule has 36 heavy (non-hydrogen) atoms. The van der Waals surface area contributed by atoms with Crippen LogP contribution in [0.1, 0.15) is 34.5 Å². The zero-order chi connectivity index (χ0) is 25.8. The maximum Gasteiger partial charge on any atom is 0.338 e. The second-order valence-corrected chi connectivity index (χ2v) is 8.86. The lowest BCUT2D eigenvalue weighted by Crippen LogP contribution is -2.39. The van der Waals surface area contributed by atoms with Crippen LogP contribution in [0, 0.1) is 0 Å². The Hall–Kier alpha value is -4.24. The van der Waals surface area contributed by atoms with Crippen LogP contribution >= 0.6 is 11.3 Å². The number of rotatable bonds is 7. The highest BCUT2D eigenvalue weighted by Gasteiger charge is 2.33. The van der Waals surface area contributed by atoms with Crippen molar-refractivity contribution in [3.63, 3.8) is 0 Å². The molecule has 184 valence electrons. The number of fused-ring (bicyclic) bond motifs is 1. The van der Waals surface area contributed by atoms with Crippen LogP contribution < -0.4 is 19.6 Å². The van der Waals surface area contributed by atoms with Gasteiger partial charge in [0, 0.05) is 0 Å². The van der Waals surface area contributed by atoms with E-state index in [0.29, 0.717) is 38.5 Å². The fourth-order valence-electron chi connectivity index (χ4n) is 3.89. The molecule has 1 aromatic heterocycles. The molecule has 0 radical (unpaired) electrons. The van der Waals surface area contributed by atoms with Gasteiger partial charge < -0.3 is 14.2 Å². The Balaban J connectivity index is 1.83. The van der Waals surface area contributed by atoms with Gasteiger partial charge in [0.1, 0.15) is 12.4 Å². The highest BCUT2D eigenvalue weighted by Crippen LogP contribution is 2.30. The summed E-state index contributed by atoms with van der Waals surface area (Å²) in [7, 11) is 2.59. The van der Waals surface area contributed by atoms with Gasteiger partial charge in [0.2, 0.25) is 0 Å². The van der Waals surface area contributed by atoms with E-state index >= 15 is 0 Å². The Morgan fingerprint density at radius 2 is 1.72 bits per heavy atom. The number of thiazole rings is 1. The Bertz CT molecular complexity index is 1530. The van der Waals surface area contributed by atoms with E-state index in [1.807, 2.05) is 24.3 Å². The molecular formula is C27H24N2O6S. The molecule has 0 bridgehead atoms. The first kappa shape index (κ1) is 24.9. The van der Waals surface area contributed by atoms with E-state index in [-0.39, 0.29) is 11.1 Å². The van der Waals surface area contributed by atoms with Crippen molar-refractivity contribution in [3.05, 3.63) is 109 Å². The summed E-state index contributed by atoms with van der Waals surface area (Å²) in [6.45, 7) is 5.75. The first-order valence-electron chi connectivity index (χ1n) is 11.0. The molecular weight excluding hydrogens is 480 g/mol. The molecule has 2 heterocycles. The Morgan fingerprint density at radius 3 is 2.33 bits per heavy atom. The normalized spacial score (nSPS) is 15.1. The van der Waals surface area contributed by atoms with E-state index in [1.165, 1.54) is 30.1 Å². The number of methoxy groups -OCH3 is 2. The van der Waals surface area contributed by atoms with Gasteiger partial charge in [-0.25, -0.2) is 14.6 Å². The summed E-state index contributed by atoms with van der Waals surface area (Å²) in [5, 5.41) is 0. The number of carbonyl (C=O) groups excluding carboxylic acids is 2. The molecule has 0 spiro atoms. The van der Waals surface area contributed by atoms with E-state index in [1.54, 1.807) is 43.3 Å². The zero-order valence-corrected chi connectivity index (χ0v) is 20.8. The summed E-state index contributed by atoms with van der Waals surface area (Å²) in [5.74, 6) is -0.365. The number of allylic oxidation sites excluding steroid dienone is 1. The van der Waals surface area contributed by atoms with Crippen molar-refractivity contribution in [2.24, 2.45) is 4.99 Å². The number of esters is 2. The molecule has 0 saturated carbocycles. The van der Waals surface area contributed by atoms with Crippen LogP contribution in [0.2, 0.25) is 0 Å². The van der Waals surface area contributed by atoms with Gasteiger partial charge in [-0.15, -0.1) is 0 Å². The maximum atomic E-state index is 13.6. The monoisotopic (exact) mass is 504 g/mol. The largest absolute Gasteiger partial charge is 0.490 e. The maximum absolute atomic E-state index is 13.6. The SMILES string of the molecule is C=CCOc1ccc(C=c2sc3n(c2=O)C(c2ccc(C(=O)OC)cc2)C(C(=O)OC)=C(C)N=3)cc1. The van der Waals surface area contributed by atoms with Crippen molar-refractivity contribution in [3.8, 4) is 5.75 Å². The van der Waals surface area contributed by atoms with Crippen molar-refractivity contribution < 1.29 is 23.8 Å². The second-order valence-electron chi connectivity index (χ2n) is 7.86. The molecule has 0 aliphatic carbocycles. The number of hydrogen-bond donors (Lipinski definition) is 0. The number of nitrogens with zero attached hydrogens (tertiary/aromatic N) is 2. The van der Waals surface area contributed by atoms with Crippen LogP contribution in [0.25, 0.3) is 6.08 Å². The highest BCUT2D eigenvalue weighted by atomic mass is 32.1. The number of hydrogen-bond acceptors (Lipinski definition) is 8. The molecule has 8 nitrogen and oxygen atoms in total. The summed E-state index contributed by atoms with van der Waals surface area (Å²) < 4.78 is 17.3. The summed E-state index contributed by atoms with van der Waals surface area (Å²) in [6.07, 6.45) is 3.44. The van der Waals surface area contributed by atoms with E-state index in [4.69, 9.17) is 14.2 Å². The van der Waals surface area contributed by atoms with Gasteiger partial charge in [0.15, 0.2) is 4.80 Å². The molecule has 0 amide bonds. The minimum Gasteiger partial charge on any atom is -0.490 e. The van der Waals surface area contributed by atoms with E-state index in [9.17, 15) is 14.4 Å². The van der Waals surface area contributed by atoms with Gasteiger partial charge in [-0.1, -0.05) is 48.3 Å². The van der Waals surface area contributed by atoms with Crippen molar-refractivity contribution in [1.82, 2.24) is 4.57 Å². The van der Waals surface area contributed by atoms with E-state index in [2.05, 4.69) is 11.6 Å². The van der Waals surface area contributed by atoms with Crippen molar-refractivity contribution in [2.75, 3.05) is 20.8 Å². The summed E-state index contributed by atoms with van der Waals surface area (Å²) in [5.41, 5.74) is 2.23. The van der Waals surface area contributed by atoms with Crippen molar-refractivity contribution >= 4 is 29.4 Å². The van der Waals surface area contributed by atoms with Crippen LogP contribution in [0.3, 0.4) is 0 Å². The molecule has 1 aliphatic rings. The minimum absolute atomic E-state index is 0.256. The summed E-state index contributed by atoms with van der Waals surface area (Å²) >= 11 is 1.23. The third-order valence-corrected chi connectivity index (χ3v) is 6.60.